The summed E-state index contributed by atoms with van der Waals surface area (Å²) >= 11 is 0. The van der Waals surface area contributed by atoms with Gasteiger partial charge in [-0.1, -0.05) is 19.8 Å². The number of carbonyl (C=O) groups excluding carboxylic acids is 3. The number of alkyl halides is 6. The van der Waals surface area contributed by atoms with E-state index in [0.29, 0.717) is 42.1 Å². The monoisotopic (exact) mass is 698 g/mol. The van der Waals surface area contributed by atoms with Gasteiger partial charge in [0.15, 0.2) is 5.69 Å². The fraction of sp³-hybridized carbons (Fsp3) is 0.394. The number of hydrogen-bond acceptors (Lipinski definition) is 6. The Kier molecular flexibility index (Phi) is 13.2. The highest BCUT2D eigenvalue weighted by molar-refractivity contribution is 5.91. The third kappa shape index (κ3) is 11.9. The number of aromatic nitrogens is 3. The normalized spacial score (nSPS) is 12.2. The maximum atomic E-state index is 13.4. The molecular formula is C33H36F6N4O6. The van der Waals surface area contributed by atoms with Gasteiger partial charge in [0, 0.05) is 35.0 Å². The second-order valence-electron chi connectivity index (χ2n) is 11.0. The highest BCUT2D eigenvalue weighted by Crippen LogP contribution is 2.29. The quantitative estimate of drug-likeness (QED) is 0.112. The first-order valence-corrected chi connectivity index (χ1v) is 15.2. The van der Waals surface area contributed by atoms with Crippen LogP contribution in [0, 0.1) is 6.92 Å². The third-order valence-corrected chi connectivity index (χ3v) is 7.46. The van der Waals surface area contributed by atoms with Crippen molar-refractivity contribution in [3.63, 3.8) is 0 Å². The molecule has 2 aromatic heterocycles. The van der Waals surface area contributed by atoms with Crippen LogP contribution < -0.4 is 24.9 Å². The maximum Gasteiger partial charge on any atom is 0.573 e. The van der Waals surface area contributed by atoms with Crippen molar-refractivity contribution < 1.29 is 60.3 Å². The van der Waals surface area contributed by atoms with Gasteiger partial charge in [0.25, 0.3) is 5.82 Å². The Morgan fingerprint density at radius 1 is 0.959 bits per heavy atom. The Morgan fingerprint density at radius 2 is 1.61 bits per heavy atom. The van der Waals surface area contributed by atoms with Crippen molar-refractivity contribution in [3.05, 3.63) is 65.7 Å². The van der Waals surface area contributed by atoms with E-state index in [1.807, 2.05) is 32.0 Å². The highest BCUT2D eigenvalue weighted by Gasteiger charge is 2.31. The largest absolute Gasteiger partial charge is 0.573 e. The predicted molar refractivity (Wildman–Crippen MR) is 163 cm³/mol. The molecule has 1 atom stereocenters. The molecule has 0 aliphatic rings. The second kappa shape index (κ2) is 16.9. The molecule has 0 spiro atoms. The van der Waals surface area contributed by atoms with Gasteiger partial charge in [-0.3, -0.25) is 9.59 Å². The topological polar surface area (TPSA) is 150 Å². The van der Waals surface area contributed by atoms with E-state index < -0.39 is 18.5 Å². The van der Waals surface area contributed by atoms with E-state index in [9.17, 15) is 35.9 Å². The van der Waals surface area contributed by atoms with Crippen molar-refractivity contribution in [1.29, 1.82) is 0 Å². The van der Waals surface area contributed by atoms with Crippen molar-refractivity contribution in [3.8, 4) is 22.8 Å². The summed E-state index contributed by atoms with van der Waals surface area (Å²) < 4.78 is 78.5. The van der Waals surface area contributed by atoms with Gasteiger partial charge in [0.05, 0.1) is 13.5 Å². The maximum absolute atomic E-state index is 13.4. The number of aliphatic carboxylic acids is 1. The molecule has 2 heterocycles. The molecule has 49 heavy (non-hydrogen) atoms. The number of nitrogens with one attached hydrogen (secondary N) is 4. The molecule has 4 rings (SSSR count). The Balaban J connectivity index is 0.000000838. The van der Waals surface area contributed by atoms with Gasteiger partial charge in [0.2, 0.25) is 5.91 Å². The minimum atomic E-state index is -5.19. The van der Waals surface area contributed by atoms with Crippen molar-refractivity contribution in [2.45, 2.75) is 77.4 Å². The van der Waals surface area contributed by atoms with E-state index in [0.717, 1.165) is 41.4 Å². The van der Waals surface area contributed by atoms with Crippen LogP contribution in [0.4, 0.5) is 26.3 Å². The minimum Gasteiger partial charge on any atom is -0.542 e. The van der Waals surface area contributed by atoms with Gasteiger partial charge < -0.3 is 29.7 Å². The first-order chi connectivity index (χ1) is 23.0. The summed E-state index contributed by atoms with van der Waals surface area (Å²) in [7, 11) is 1.60. The number of ether oxygens (including phenoxy) is 2. The Morgan fingerprint density at radius 3 is 2.20 bits per heavy atom. The lowest BCUT2D eigenvalue weighted by atomic mass is 10.0. The van der Waals surface area contributed by atoms with Crippen molar-refractivity contribution in [2.75, 3.05) is 7.11 Å². The Bertz CT molecular complexity index is 1710. The SMILES string of the molecule is CCC(=O)CCCCC[C@H](NC(=O)Cc1c(C)[nH]c2ccc(OC)cc12)c1[nH]c(-c2ccc(OC(F)(F)F)cc2)c[nH+]1.O=C([O-])C(F)(F)F. The van der Waals surface area contributed by atoms with Gasteiger partial charge in [-0.15, -0.1) is 13.2 Å². The molecule has 0 aliphatic heterocycles. The molecule has 0 unspecified atom stereocenters. The molecule has 4 aromatic rings. The zero-order valence-corrected chi connectivity index (χ0v) is 26.9. The number of benzene rings is 2. The van der Waals surface area contributed by atoms with Crippen molar-refractivity contribution in [2.24, 2.45) is 0 Å². The van der Waals surface area contributed by atoms with Crippen molar-refractivity contribution >= 4 is 28.6 Å². The Labute approximate surface area is 277 Å². The van der Waals surface area contributed by atoms with Gasteiger partial charge in [-0.2, -0.15) is 13.2 Å². The molecule has 0 saturated carbocycles. The molecular weight excluding hydrogens is 662 g/mol. The van der Waals surface area contributed by atoms with Crippen LogP contribution >= 0.6 is 0 Å². The average molecular weight is 699 g/mol. The van der Waals surface area contributed by atoms with Crippen LogP contribution in [0.1, 0.15) is 68.6 Å². The number of H-pyrrole nitrogens is 3. The molecule has 266 valence electrons. The van der Waals surface area contributed by atoms with Gasteiger partial charge >= 0.3 is 12.5 Å². The van der Waals surface area contributed by atoms with E-state index in [4.69, 9.17) is 14.6 Å². The molecule has 2 aromatic carbocycles. The average Bonchev–Trinajstić information content (AvgIpc) is 3.64. The standard InChI is InChI=1S/C31H35F3N4O4.C2HF3O2/c1-4-21(39)8-6-5-7-9-27(30-35-18-28(38-30)20-10-12-22(13-11-20)42-31(32,33)34)37-29(40)17-24-19(2)36-26-15-14-23(41-3)16-25(24)26;3-2(4,5)1(6)7/h10-16,18,27,36H,4-9,17H2,1-3H3,(H,35,38)(H,37,40);(H,6,7)/t27-;/m0./s1. The zero-order valence-electron chi connectivity index (χ0n) is 26.9. The third-order valence-electron chi connectivity index (χ3n) is 7.46. The Hall–Kier alpha value is -5.02. The number of amides is 1. The number of imidazole rings is 1. The number of carboxylic acids is 1. The highest BCUT2D eigenvalue weighted by atomic mass is 19.4. The molecule has 0 saturated heterocycles. The number of fused-ring (bicyclic) bond motifs is 1. The molecule has 0 aliphatic carbocycles. The summed E-state index contributed by atoms with van der Waals surface area (Å²) in [6, 6.07) is 10.9. The van der Waals surface area contributed by atoms with Gasteiger partial charge in [0.1, 0.15) is 35.5 Å². The zero-order chi connectivity index (χ0) is 36.4. The lowest BCUT2D eigenvalue weighted by Gasteiger charge is -2.14. The van der Waals surface area contributed by atoms with Crippen LogP contribution in [0.15, 0.2) is 48.7 Å². The van der Waals surface area contributed by atoms with E-state index in [2.05, 4.69) is 25.0 Å². The van der Waals surface area contributed by atoms with Gasteiger partial charge in [-0.25, -0.2) is 9.97 Å². The second-order valence-corrected chi connectivity index (χ2v) is 11.0. The number of halogens is 6. The van der Waals surface area contributed by atoms with E-state index in [-0.39, 0.29) is 29.9 Å². The van der Waals surface area contributed by atoms with Crippen LogP contribution in [0.5, 0.6) is 11.5 Å². The van der Waals surface area contributed by atoms with Crippen LogP contribution in [0.2, 0.25) is 0 Å². The lowest BCUT2D eigenvalue weighted by molar-refractivity contribution is -0.391. The number of carboxylic acid groups (broad SMARTS) is 1. The van der Waals surface area contributed by atoms with E-state index in [1.54, 1.807) is 13.3 Å². The number of aryl methyl sites for hydroxylation is 1. The number of ketones is 1. The molecule has 4 N–H and O–H groups in total. The summed E-state index contributed by atoms with van der Waals surface area (Å²) in [6.07, 6.45) is -3.97. The van der Waals surface area contributed by atoms with Crippen LogP contribution in [-0.2, 0) is 20.8 Å². The molecule has 1 amide bonds. The minimum absolute atomic E-state index is 0.161. The predicted octanol–water partition coefficient (Wildman–Crippen LogP) is 5.82. The number of hydrogen-bond donors (Lipinski definition) is 3. The summed E-state index contributed by atoms with van der Waals surface area (Å²) in [5.74, 6) is -1.87. The first kappa shape index (κ1) is 38.4. The lowest BCUT2D eigenvalue weighted by Crippen LogP contribution is -2.37. The van der Waals surface area contributed by atoms with Crippen molar-refractivity contribution in [1.82, 2.24) is 15.3 Å². The number of Topliss-reactive ketones (excluding diaryl/α,β-unsaturated/α-hetero) is 1. The summed E-state index contributed by atoms with van der Waals surface area (Å²) in [4.78, 5) is 43.6. The molecule has 0 radical (unpaired) electrons. The molecule has 16 heteroatoms. The van der Waals surface area contributed by atoms with E-state index >= 15 is 0 Å². The smallest absolute Gasteiger partial charge is 0.542 e. The fourth-order valence-electron chi connectivity index (χ4n) is 4.98. The summed E-state index contributed by atoms with van der Waals surface area (Å²) in [6.45, 7) is 3.79. The number of carbonyl (C=O) groups is 3. The van der Waals surface area contributed by atoms with Crippen LogP contribution in [-0.4, -0.2) is 47.3 Å². The first-order valence-electron chi connectivity index (χ1n) is 15.2. The number of unbranched alkanes of at least 4 members (excludes halogenated alkanes) is 2. The number of methoxy groups -OCH3 is 1. The summed E-state index contributed by atoms with van der Waals surface area (Å²) in [5, 5.41) is 12.9. The molecule has 0 bridgehead atoms. The van der Waals surface area contributed by atoms with Crippen LogP contribution in [0.3, 0.4) is 0 Å². The van der Waals surface area contributed by atoms with Crippen LogP contribution in [0.25, 0.3) is 22.2 Å². The molecule has 0 fully saturated rings. The number of aromatic amines is 3. The van der Waals surface area contributed by atoms with Gasteiger partial charge in [-0.05, 0) is 67.8 Å². The molecule has 10 nitrogen and oxygen atoms in total. The van der Waals surface area contributed by atoms with E-state index in [1.165, 1.54) is 24.3 Å². The summed E-state index contributed by atoms with van der Waals surface area (Å²) in [5.41, 5.74) is 4.01. The fourth-order valence-corrected chi connectivity index (χ4v) is 4.98. The number of rotatable bonds is 14.